The highest BCUT2D eigenvalue weighted by molar-refractivity contribution is 7.88. The van der Waals surface area contributed by atoms with Gasteiger partial charge in [0.05, 0.1) is 5.02 Å². The second kappa shape index (κ2) is 6.80. The number of Topliss-reactive ketones (excluding diaryl/α,β-unsaturated/α-hetero) is 1. The molecule has 0 saturated carbocycles. The first-order chi connectivity index (χ1) is 11.7. The monoisotopic (exact) mass is 425 g/mol. The summed E-state index contributed by atoms with van der Waals surface area (Å²) in [5.41, 5.74) is -5.85. The summed E-state index contributed by atoms with van der Waals surface area (Å²) in [6.45, 7) is -0.432. The molecule has 1 aliphatic heterocycles. The van der Waals surface area contributed by atoms with E-state index < -0.39 is 50.8 Å². The molecule has 1 aliphatic rings. The molecule has 13 heteroatoms. The maximum absolute atomic E-state index is 12.6. The van der Waals surface area contributed by atoms with Gasteiger partial charge in [-0.15, -0.1) is 0 Å². The Hall–Kier alpha value is -1.69. The Kier molecular flexibility index (Phi) is 5.39. The van der Waals surface area contributed by atoms with Gasteiger partial charge in [0.1, 0.15) is 0 Å². The van der Waals surface area contributed by atoms with E-state index in [1.54, 1.807) is 0 Å². The zero-order chi connectivity index (χ0) is 19.9. The first-order valence-electron chi connectivity index (χ1n) is 6.91. The SMILES string of the molecule is O=C(C1CCc2c(ccc(Cl)c2OS(=O)(=O)C(F)(F)F)NC1)C(F)(F)F. The third-order valence-corrected chi connectivity index (χ3v) is 4.87. The van der Waals surface area contributed by atoms with Crippen LogP contribution in [0.25, 0.3) is 0 Å². The highest BCUT2D eigenvalue weighted by Gasteiger charge is 2.49. The quantitative estimate of drug-likeness (QED) is 0.454. The van der Waals surface area contributed by atoms with Crippen LogP contribution < -0.4 is 9.50 Å². The van der Waals surface area contributed by atoms with Crippen LogP contribution >= 0.6 is 11.6 Å². The van der Waals surface area contributed by atoms with Gasteiger partial charge in [0.25, 0.3) is 0 Å². The maximum Gasteiger partial charge on any atom is 0.534 e. The van der Waals surface area contributed by atoms with Gasteiger partial charge in [0.2, 0.25) is 5.78 Å². The number of alkyl halides is 6. The van der Waals surface area contributed by atoms with E-state index in [0.717, 1.165) is 6.07 Å². The van der Waals surface area contributed by atoms with Crippen LogP contribution in [0, 0.1) is 5.92 Å². The molecule has 26 heavy (non-hydrogen) atoms. The van der Waals surface area contributed by atoms with Gasteiger partial charge in [0.15, 0.2) is 5.75 Å². The molecule has 0 aliphatic carbocycles. The predicted molar refractivity (Wildman–Crippen MR) is 78.4 cm³/mol. The van der Waals surface area contributed by atoms with E-state index in [-0.39, 0.29) is 24.1 Å². The number of nitrogens with one attached hydrogen (secondary N) is 1. The fourth-order valence-electron chi connectivity index (χ4n) is 2.37. The molecule has 1 N–H and O–H groups in total. The molecular formula is C13H10ClF6NO4S. The van der Waals surface area contributed by atoms with Gasteiger partial charge >= 0.3 is 21.8 Å². The highest BCUT2D eigenvalue weighted by atomic mass is 35.5. The summed E-state index contributed by atoms with van der Waals surface area (Å²) in [7, 11) is -6.03. The molecule has 2 rings (SSSR count). The minimum atomic E-state index is -6.03. The van der Waals surface area contributed by atoms with Gasteiger partial charge in [-0.2, -0.15) is 34.8 Å². The van der Waals surface area contributed by atoms with Crippen LogP contribution in [-0.2, 0) is 21.3 Å². The van der Waals surface area contributed by atoms with Crippen molar-refractivity contribution in [2.24, 2.45) is 5.92 Å². The second-order valence-corrected chi connectivity index (χ2v) is 7.31. The van der Waals surface area contributed by atoms with Gasteiger partial charge in [0, 0.05) is 23.7 Å². The van der Waals surface area contributed by atoms with Gasteiger partial charge < -0.3 is 9.50 Å². The van der Waals surface area contributed by atoms with Crippen LogP contribution in [0.5, 0.6) is 5.75 Å². The number of hydrogen-bond donors (Lipinski definition) is 1. The van der Waals surface area contributed by atoms with E-state index in [1.807, 2.05) is 0 Å². The van der Waals surface area contributed by atoms with Crippen molar-refractivity contribution in [2.75, 3.05) is 11.9 Å². The molecule has 0 bridgehead atoms. The predicted octanol–water partition coefficient (Wildman–Crippen LogP) is 3.67. The molecular weight excluding hydrogens is 416 g/mol. The summed E-state index contributed by atoms with van der Waals surface area (Å²) in [4.78, 5) is 11.4. The van der Waals surface area contributed by atoms with E-state index in [9.17, 15) is 39.6 Å². The summed E-state index contributed by atoms with van der Waals surface area (Å²) >= 11 is 5.71. The smallest absolute Gasteiger partial charge is 0.384 e. The number of hydrogen-bond acceptors (Lipinski definition) is 5. The zero-order valence-corrected chi connectivity index (χ0v) is 14.1. The molecule has 0 saturated heterocycles. The van der Waals surface area contributed by atoms with Crippen molar-refractivity contribution >= 4 is 33.2 Å². The first kappa shape index (κ1) is 20.6. The van der Waals surface area contributed by atoms with E-state index >= 15 is 0 Å². The lowest BCUT2D eigenvalue weighted by atomic mass is 9.96. The van der Waals surface area contributed by atoms with Gasteiger partial charge in [-0.25, -0.2) is 0 Å². The lowest BCUT2D eigenvalue weighted by Crippen LogP contribution is -2.34. The van der Waals surface area contributed by atoms with Crippen molar-refractivity contribution in [3.05, 3.63) is 22.7 Å². The van der Waals surface area contributed by atoms with E-state index in [0.29, 0.717) is 0 Å². The van der Waals surface area contributed by atoms with Crippen LogP contribution in [0.2, 0.25) is 5.02 Å². The Morgan fingerprint density at radius 3 is 2.35 bits per heavy atom. The Morgan fingerprint density at radius 1 is 1.19 bits per heavy atom. The molecule has 146 valence electrons. The Bertz CT molecular complexity index is 821. The van der Waals surface area contributed by atoms with Crippen molar-refractivity contribution in [2.45, 2.75) is 24.5 Å². The number of halogens is 7. The summed E-state index contributed by atoms with van der Waals surface area (Å²) in [5, 5.41) is 2.01. The Balaban J connectivity index is 2.37. The third-order valence-electron chi connectivity index (χ3n) is 3.62. The molecule has 0 spiro atoms. The summed E-state index contributed by atoms with van der Waals surface area (Å²) in [6, 6.07) is 2.27. The van der Waals surface area contributed by atoms with Crippen molar-refractivity contribution in [3.63, 3.8) is 0 Å². The molecule has 5 nitrogen and oxygen atoms in total. The summed E-state index contributed by atoms with van der Waals surface area (Å²) in [5.74, 6) is -4.32. The van der Waals surface area contributed by atoms with Crippen LogP contribution in [0.3, 0.4) is 0 Å². The number of benzene rings is 1. The first-order valence-corrected chi connectivity index (χ1v) is 8.69. The van der Waals surface area contributed by atoms with Crippen molar-refractivity contribution < 1.29 is 43.7 Å². The molecule has 1 atom stereocenters. The average molecular weight is 426 g/mol. The van der Waals surface area contributed by atoms with Gasteiger partial charge in [-0.05, 0) is 25.0 Å². The number of anilines is 1. The fourth-order valence-corrected chi connectivity index (χ4v) is 3.13. The minimum absolute atomic E-state index is 0.0271. The average Bonchev–Trinajstić information content (AvgIpc) is 2.70. The third kappa shape index (κ3) is 4.17. The fraction of sp³-hybridized carbons (Fsp3) is 0.462. The lowest BCUT2D eigenvalue weighted by Gasteiger charge is -2.16. The summed E-state index contributed by atoms with van der Waals surface area (Å²) in [6.07, 6.45) is -5.81. The standard InChI is InChI=1S/C13H10ClF6NO4S/c14-8-3-4-9-7(10(8)25-26(23,24)13(18,19)20)2-1-6(5-21-9)11(22)12(15,16)17/h3-4,6,21H,1-2,5H2. The number of carbonyl (C=O) groups is 1. The highest BCUT2D eigenvalue weighted by Crippen LogP contribution is 2.40. The van der Waals surface area contributed by atoms with Crippen LogP contribution in [0.15, 0.2) is 12.1 Å². The largest absolute Gasteiger partial charge is 0.534 e. The number of ketones is 1. The molecule has 1 unspecified atom stereocenters. The van der Waals surface area contributed by atoms with Gasteiger partial charge in [-0.3, -0.25) is 4.79 Å². The molecule has 0 fully saturated rings. The number of fused-ring (bicyclic) bond motifs is 1. The minimum Gasteiger partial charge on any atom is -0.384 e. The molecule has 0 aromatic heterocycles. The zero-order valence-electron chi connectivity index (χ0n) is 12.5. The molecule has 1 aromatic rings. The Labute approximate surface area is 148 Å². The van der Waals surface area contributed by atoms with E-state index in [4.69, 9.17) is 11.6 Å². The second-order valence-electron chi connectivity index (χ2n) is 5.36. The summed E-state index contributed by atoms with van der Waals surface area (Å²) < 4.78 is 102. The normalized spacial score (nSPS) is 18.5. The molecule has 0 amide bonds. The maximum atomic E-state index is 12.6. The van der Waals surface area contributed by atoms with Crippen molar-refractivity contribution in [3.8, 4) is 5.75 Å². The molecule has 1 aromatic carbocycles. The van der Waals surface area contributed by atoms with E-state index in [1.165, 1.54) is 6.07 Å². The Morgan fingerprint density at radius 2 is 1.81 bits per heavy atom. The van der Waals surface area contributed by atoms with Crippen molar-refractivity contribution in [1.82, 2.24) is 0 Å². The molecule has 1 heterocycles. The van der Waals surface area contributed by atoms with Crippen molar-refractivity contribution in [1.29, 1.82) is 0 Å². The van der Waals surface area contributed by atoms with Crippen LogP contribution in [0.4, 0.5) is 32.0 Å². The molecule has 0 radical (unpaired) electrons. The van der Waals surface area contributed by atoms with Crippen LogP contribution in [0.1, 0.15) is 12.0 Å². The van der Waals surface area contributed by atoms with E-state index in [2.05, 4.69) is 9.50 Å². The van der Waals surface area contributed by atoms with Crippen LogP contribution in [-0.4, -0.2) is 32.4 Å². The topological polar surface area (TPSA) is 72.5 Å². The number of rotatable bonds is 3. The lowest BCUT2D eigenvalue weighted by molar-refractivity contribution is -0.175. The number of carbonyl (C=O) groups excluding carboxylic acids is 1. The van der Waals surface area contributed by atoms with Gasteiger partial charge in [-0.1, -0.05) is 11.6 Å².